The molecule has 1 unspecified atom stereocenters. The van der Waals surface area contributed by atoms with Gasteiger partial charge in [-0.2, -0.15) is 13.2 Å². The van der Waals surface area contributed by atoms with Crippen molar-refractivity contribution in [1.82, 2.24) is 5.32 Å². The summed E-state index contributed by atoms with van der Waals surface area (Å²) in [7, 11) is 0. The molecule has 0 radical (unpaired) electrons. The molecule has 0 spiro atoms. The smallest absolute Gasteiger partial charge is 0.417 e. The van der Waals surface area contributed by atoms with Gasteiger partial charge in [-0.25, -0.2) is 0 Å². The molecule has 176 valence electrons. The Morgan fingerprint density at radius 1 is 1.03 bits per heavy atom. The second-order valence-corrected chi connectivity index (χ2v) is 8.18. The molecule has 0 aromatic heterocycles. The predicted octanol–water partition coefficient (Wildman–Crippen LogP) is 5.13. The van der Waals surface area contributed by atoms with Gasteiger partial charge in [-0.1, -0.05) is 36.4 Å². The Labute approximate surface area is 194 Å². The van der Waals surface area contributed by atoms with Gasteiger partial charge in [0.15, 0.2) is 0 Å². The predicted molar refractivity (Wildman–Crippen MR) is 122 cm³/mol. The first kappa shape index (κ1) is 23.4. The molecule has 1 aliphatic rings. The minimum atomic E-state index is -4.64. The third-order valence-electron chi connectivity index (χ3n) is 5.79. The van der Waals surface area contributed by atoms with Gasteiger partial charge in [0.25, 0.3) is 5.91 Å². The van der Waals surface area contributed by atoms with E-state index in [1.807, 2.05) is 31.2 Å². The second-order valence-electron chi connectivity index (χ2n) is 8.18. The first-order valence-corrected chi connectivity index (χ1v) is 10.8. The fourth-order valence-electron chi connectivity index (χ4n) is 3.90. The molecule has 2 N–H and O–H groups in total. The maximum Gasteiger partial charge on any atom is 0.417 e. The molecular weight excluding hydrogens is 445 g/mol. The molecule has 0 saturated heterocycles. The normalized spacial score (nSPS) is 15.1. The summed E-state index contributed by atoms with van der Waals surface area (Å²) >= 11 is 0. The van der Waals surface area contributed by atoms with Crippen LogP contribution in [-0.4, -0.2) is 18.4 Å². The number of hydrogen-bond donors (Lipinski definition) is 2. The van der Waals surface area contributed by atoms with Crippen LogP contribution in [0.1, 0.15) is 32.6 Å². The van der Waals surface area contributed by atoms with E-state index >= 15 is 0 Å². The van der Waals surface area contributed by atoms with Crippen LogP contribution in [0.2, 0.25) is 0 Å². The van der Waals surface area contributed by atoms with Gasteiger partial charge in [0.05, 0.1) is 17.0 Å². The summed E-state index contributed by atoms with van der Waals surface area (Å²) in [4.78, 5) is 25.3. The van der Waals surface area contributed by atoms with E-state index in [9.17, 15) is 22.8 Å². The Kier molecular flexibility index (Phi) is 6.58. The molecule has 1 heterocycles. The van der Waals surface area contributed by atoms with Crippen molar-refractivity contribution >= 4 is 17.5 Å². The number of carbonyl (C=O) groups excluding carboxylic acids is 2. The van der Waals surface area contributed by atoms with E-state index in [4.69, 9.17) is 4.74 Å². The van der Waals surface area contributed by atoms with Gasteiger partial charge in [-0.15, -0.1) is 0 Å². The van der Waals surface area contributed by atoms with Crippen molar-refractivity contribution in [2.45, 2.75) is 26.1 Å². The van der Waals surface area contributed by atoms with Crippen LogP contribution in [0.4, 0.5) is 18.9 Å². The zero-order chi connectivity index (χ0) is 24.3. The lowest BCUT2D eigenvalue weighted by atomic mass is 9.95. The number of ether oxygens (including phenoxy) is 1. The standard InChI is InChI=1S/C26H23F3N2O3/c1-16-6-2-3-7-17(16)14-30-24(32)19-12-18-13-20(10-11-23(18)34-15-19)31-25(33)21-8-4-5-9-22(21)26(27,28)29/h2-11,13,19H,12,14-15H2,1H3,(H,30,32)(H,31,33). The van der Waals surface area contributed by atoms with Gasteiger partial charge < -0.3 is 15.4 Å². The molecule has 1 aliphatic heterocycles. The largest absolute Gasteiger partial charge is 0.492 e. The zero-order valence-corrected chi connectivity index (χ0v) is 18.4. The van der Waals surface area contributed by atoms with Gasteiger partial charge in [0, 0.05) is 12.2 Å². The van der Waals surface area contributed by atoms with Crippen LogP contribution in [0.25, 0.3) is 0 Å². The Balaban J connectivity index is 1.44. The molecule has 0 aliphatic carbocycles. The molecule has 8 heteroatoms. The Morgan fingerprint density at radius 3 is 2.53 bits per heavy atom. The Morgan fingerprint density at radius 2 is 1.76 bits per heavy atom. The van der Waals surface area contributed by atoms with E-state index < -0.39 is 29.1 Å². The topological polar surface area (TPSA) is 67.4 Å². The van der Waals surface area contributed by atoms with Crippen LogP contribution in [0, 0.1) is 12.8 Å². The Bertz CT molecular complexity index is 1220. The molecule has 3 aromatic rings. The average Bonchev–Trinajstić information content (AvgIpc) is 2.82. The molecule has 3 aromatic carbocycles. The first-order chi connectivity index (χ1) is 16.2. The lowest BCUT2D eigenvalue weighted by Gasteiger charge is -2.25. The van der Waals surface area contributed by atoms with Gasteiger partial charge in [-0.05, 0) is 60.4 Å². The number of fused-ring (bicyclic) bond motifs is 1. The highest BCUT2D eigenvalue weighted by Crippen LogP contribution is 2.33. The van der Waals surface area contributed by atoms with Crippen molar-refractivity contribution in [2.24, 2.45) is 5.92 Å². The van der Waals surface area contributed by atoms with Crippen LogP contribution >= 0.6 is 0 Å². The average molecular weight is 468 g/mol. The van der Waals surface area contributed by atoms with Crippen LogP contribution in [0.3, 0.4) is 0 Å². The lowest BCUT2D eigenvalue weighted by Crippen LogP contribution is -2.37. The summed E-state index contributed by atoms with van der Waals surface area (Å²) in [5.74, 6) is -0.857. The maximum absolute atomic E-state index is 13.3. The van der Waals surface area contributed by atoms with E-state index in [-0.39, 0.29) is 12.5 Å². The highest BCUT2D eigenvalue weighted by atomic mass is 19.4. The molecule has 0 saturated carbocycles. The van der Waals surface area contributed by atoms with Crippen LogP contribution in [0.15, 0.2) is 66.7 Å². The first-order valence-electron chi connectivity index (χ1n) is 10.8. The number of aryl methyl sites for hydroxylation is 1. The number of carbonyl (C=O) groups is 2. The third kappa shape index (κ3) is 5.22. The monoisotopic (exact) mass is 468 g/mol. The summed E-state index contributed by atoms with van der Waals surface area (Å²) < 4.78 is 45.5. The maximum atomic E-state index is 13.3. The number of benzene rings is 3. The minimum absolute atomic E-state index is 0.151. The fraction of sp³-hybridized carbons (Fsp3) is 0.231. The third-order valence-corrected chi connectivity index (χ3v) is 5.79. The Hall–Kier alpha value is -3.81. The van der Waals surface area contributed by atoms with E-state index in [0.717, 1.165) is 23.3 Å². The van der Waals surface area contributed by atoms with Gasteiger partial charge in [-0.3, -0.25) is 9.59 Å². The quantitative estimate of drug-likeness (QED) is 0.545. The number of hydrogen-bond acceptors (Lipinski definition) is 3. The van der Waals surface area contributed by atoms with E-state index in [1.165, 1.54) is 12.1 Å². The molecule has 0 bridgehead atoms. The molecule has 5 nitrogen and oxygen atoms in total. The number of nitrogens with one attached hydrogen (secondary N) is 2. The van der Waals surface area contributed by atoms with Crippen molar-refractivity contribution in [1.29, 1.82) is 0 Å². The molecule has 1 atom stereocenters. The van der Waals surface area contributed by atoms with Gasteiger partial charge >= 0.3 is 6.18 Å². The summed E-state index contributed by atoms with van der Waals surface area (Å²) in [6.45, 7) is 2.60. The van der Waals surface area contributed by atoms with Crippen molar-refractivity contribution < 1.29 is 27.5 Å². The van der Waals surface area contributed by atoms with Gasteiger partial charge in [0.2, 0.25) is 5.91 Å². The summed E-state index contributed by atoms with van der Waals surface area (Å²) in [5.41, 5.74) is 1.67. The molecule has 4 rings (SSSR count). The highest BCUT2D eigenvalue weighted by molar-refractivity contribution is 6.05. The van der Waals surface area contributed by atoms with Crippen LogP contribution < -0.4 is 15.4 Å². The molecule has 2 amide bonds. The van der Waals surface area contributed by atoms with Crippen molar-refractivity contribution in [3.63, 3.8) is 0 Å². The second kappa shape index (κ2) is 9.59. The minimum Gasteiger partial charge on any atom is -0.492 e. The van der Waals surface area contributed by atoms with Crippen LogP contribution in [-0.2, 0) is 23.9 Å². The zero-order valence-electron chi connectivity index (χ0n) is 18.4. The van der Waals surface area contributed by atoms with Crippen molar-refractivity contribution in [3.8, 4) is 5.75 Å². The van der Waals surface area contributed by atoms with Crippen molar-refractivity contribution in [3.05, 3.63) is 94.5 Å². The van der Waals surface area contributed by atoms with Crippen molar-refractivity contribution in [2.75, 3.05) is 11.9 Å². The number of amides is 2. The lowest BCUT2D eigenvalue weighted by molar-refractivity contribution is -0.137. The summed E-state index contributed by atoms with van der Waals surface area (Å²) in [5, 5.41) is 5.46. The fourth-order valence-corrected chi connectivity index (χ4v) is 3.90. The summed E-state index contributed by atoms with van der Waals surface area (Å²) in [6, 6.07) is 17.2. The number of rotatable bonds is 5. The van der Waals surface area contributed by atoms with Gasteiger partial charge in [0.1, 0.15) is 12.4 Å². The summed E-state index contributed by atoms with van der Waals surface area (Å²) in [6.07, 6.45) is -4.26. The van der Waals surface area contributed by atoms with E-state index in [0.29, 0.717) is 30.0 Å². The highest BCUT2D eigenvalue weighted by Gasteiger charge is 2.35. The number of anilines is 1. The van der Waals surface area contributed by atoms with Crippen LogP contribution in [0.5, 0.6) is 5.75 Å². The SMILES string of the molecule is Cc1ccccc1CNC(=O)C1COc2ccc(NC(=O)c3ccccc3C(F)(F)F)cc2C1. The molecule has 34 heavy (non-hydrogen) atoms. The van der Waals surface area contributed by atoms with E-state index in [2.05, 4.69) is 10.6 Å². The van der Waals surface area contributed by atoms with E-state index in [1.54, 1.807) is 18.2 Å². The number of alkyl halides is 3. The number of halogens is 3. The molecule has 0 fully saturated rings. The molecular formula is C26H23F3N2O3.